The van der Waals surface area contributed by atoms with Gasteiger partial charge < -0.3 is 5.32 Å². The van der Waals surface area contributed by atoms with Crippen LogP contribution in [0, 0.1) is 10.1 Å². The lowest BCUT2D eigenvalue weighted by Gasteiger charge is -2.05. The van der Waals surface area contributed by atoms with E-state index in [4.69, 9.17) is 0 Å². The van der Waals surface area contributed by atoms with Crippen LogP contribution in [0.4, 0.5) is 5.69 Å². The Hall–Kier alpha value is -2.54. The molecule has 124 valence electrons. The molecule has 0 fully saturated rings. The monoisotopic (exact) mass is 390 g/mol. The zero-order valence-electron chi connectivity index (χ0n) is 12.7. The Bertz CT molecular complexity index is 742. The van der Waals surface area contributed by atoms with Crippen molar-refractivity contribution in [3.8, 4) is 0 Å². The van der Waals surface area contributed by atoms with Gasteiger partial charge in [-0.15, -0.1) is 0 Å². The number of benzene rings is 2. The van der Waals surface area contributed by atoms with Crippen molar-refractivity contribution in [1.82, 2.24) is 5.32 Å². The molecule has 2 rings (SSSR count). The van der Waals surface area contributed by atoms with Crippen LogP contribution in [-0.2, 0) is 11.3 Å². The van der Waals surface area contributed by atoms with Crippen LogP contribution in [0.15, 0.2) is 53.0 Å². The Morgan fingerprint density at radius 2 is 1.62 bits per heavy atom. The van der Waals surface area contributed by atoms with Crippen LogP contribution in [0.1, 0.15) is 28.8 Å². The summed E-state index contributed by atoms with van der Waals surface area (Å²) in [6.45, 7) is 0.267. The van der Waals surface area contributed by atoms with Crippen molar-refractivity contribution in [2.75, 3.05) is 0 Å². The molecule has 0 atom stereocenters. The highest BCUT2D eigenvalue weighted by Crippen LogP contribution is 2.13. The minimum absolute atomic E-state index is 0.00479. The zero-order chi connectivity index (χ0) is 17.5. The van der Waals surface area contributed by atoms with E-state index in [2.05, 4.69) is 21.2 Å². The number of amides is 1. The van der Waals surface area contributed by atoms with E-state index in [1.807, 2.05) is 0 Å². The zero-order valence-corrected chi connectivity index (χ0v) is 14.3. The standard InChI is InChI=1S/C17H15BrN2O4/c18-14-5-3-13(4-6-14)16(21)9-10-17(22)19-11-12-1-7-15(8-2-12)20(23)24/h1-8H,9-11H2,(H,19,22). The quantitative estimate of drug-likeness (QED) is 0.443. The molecule has 0 aliphatic carbocycles. The van der Waals surface area contributed by atoms with E-state index >= 15 is 0 Å². The summed E-state index contributed by atoms with van der Waals surface area (Å²) >= 11 is 3.30. The number of carbonyl (C=O) groups is 2. The molecule has 0 spiro atoms. The van der Waals surface area contributed by atoms with Gasteiger partial charge in [0.2, 0.25) is 5.91 Å². The molecule has 7 heteroatoms. The van der Waals surface area contributed by atoms with Gasteiger partial charge in [-0.3, -0.25) is 19.7 Å². The predicted molar refractivity (Wildman–Crippen MR) is 92.6 cm³/mol. The fourth-order valence-corrected chi connectivity index (χ4v) is 2.30. The number of nitro groups is 1. The normalized spacial score (nSPS) is 10.2. The van der Waals surface area contributed by atoms with Crippen LogP contribution in [-0.4, -0.2) is 16.6 Å². The number of carbonyl (C=O) groups excluding carboxylic acids is 2. The van der Waals surface area contributed by atoms with E-state index in [1.165, 1.54) is 12.1 Å². The summed E-state index contributed by atoms with van der Waals surface area (Å²) in [5.74, 6) is -0.327. The highest BCUT2D eigenvalue weighted by molar-refractivity contribution is 9.10. The molecule has 0 aliphatic rings. The molecule has 0 saturated heterocycles. The van der Waals surface area contributed by atoms with Gasteiger partial charge in [0.15, 0.2) is 5.78 Å². The van der Waals surface area contributed by atoms with Gasteiger partial charge in [-0.2, -0.15) is 0 Å². The lowest BCUT2D eigenvalue weighted by molar-refractivity contribution is -0.384. The number of non-ortho nitro benzene ring substituents is 1. The third-order valence-corrected chi connectivity index (χ3v) is 3.91. The maximum Gasteiger partial charge on any atom is 0.269 e. The van der Waals surface area contributed by atoms with Crippen LogP contribution in [0.2, 0.25) is 0 Å². The number of hydrogen-bond donors (Lipinski definition) is 1. The van der Waals surface area contributed by atoms with Crippen molar-refractivity contribution in [3.63, 3.8) is 0 Å². The van der Waals surface area contributed by atoms with E-state index in [9.17, 15) is 19.7 Å². The van der Waals surface area contributed by atoms with Crippen molar-refractivity contribution >= 4 is 33.3 Å². The molecule has 0 aromatic heterocycles. The first-order valence-electron chi connectivity index (χ1n) is 7.24. The maximum absolute atomic E-state index is 12.0. The second-order valence-corrected chi connectivity index (χ2v) is 6.05. The smallest absolute Gasteiger partial charge is 0.269 e. The van der Waals surface area contributed by atoms with Crippen molar-refractivity contribution < 1.29 is 14.5 Å². The van der Waals surface area contributed by atoms with Crippen LogP contribution >= 0.6 is 15.9 Å². The second-order valence-electron chi connectivity index (χ2n) is 5.13. The molecule has 0 saturated carbocycles. The summed E-state index contributed by atoms with van der Waals surface area (Å²) in [5.41, 5.74) is 1.33. The number of nitro benzene ring substituents is 1. The molecule has 0 radical (unpaired) electrons. The molecule has 1 N–H and O–H groups in total. The predicted octanol–water partition coefficient (Wildman–Crippen LogP) is 3.64. The van der Waals surface area contributed by atoms with Crippen molar-refractivity contribution in [3.05, 3.63) is 74.2 Å². The Morgan fingerprint density at radius 1 is 1.00 bits per heavy atom. The molecular weight excluding hydrogens is 376 g/mol. The Balaban J connectivity index is 1.77. The van der Waals surface area contributed by atoms with E-state index in [0.717, 1.165) is 10.0 Å². The van der Waals surface area contributed by atoms with Gasteiger partial charge >= 0.3 is 0 Å². The van der Waals surface area contributed by atoms with Gasteiger partial charge in [-0.25, -0.2) is 0 Å². The van der Waals surface area contributed by atoms with E-state index < -0.39 is 4.92 Å². The maximum atomic E-state index is 12.0. The van der Waals surface area contributed by atoms with Crippen molar-refractivity contribution in [2.24, 2.45) is 0 Å². The number of nitrogens with zero attached hydrogens (tertiary/aromatic N) is 1. The summed E-state index contributed by atoms with van der Waals surface area (Å²) in [7, 11) is 0. The van der Waals surface area contributed by atoms with Gasteiger partial charge in [0.05, 0.1) is 4.92 Å². The number of rotatable bonds is 7. The van der Waals surface area contributed by atoms with E-state index in [1.54, 1.807) is 36.4 Å². The van der Waals surface area contributed by atoms with Gasteiger partial charge in [0.1, 0.15) is 0 Å². The van der Waals surface area contributed by atoms with Crippen LogP contribution in [0.5, 0.6) is 0 Å². The topological polar surface area (TPSA) is 89.3 Å². The summed E-state index contributed by atoms with van der Waals surface area (Å²) in [4.78, 5) is 33.9. The number of ketones is 1. The van der Waals surface area contributed by atoms with Gasteiger partial charge in [-0.05, 0) is 17.7 Å². The minimum atomic E-state index is -0.476. The SMILES string of the molecule is O=C(CCC(=O)c1ccc(Br)cc1)NCc1ccc([N+](=O)[O-])cc1. The molecule has 6 nitrogen and oxygen atoms in total. The second kappa shape index (κ2) is 8.35. The molecule has 1 amide bonds. The van der Waals surface area contributed by atoms with Crippen molar-refractivity contribution in [1.29, 1.82) is 0 Å². The lowest BCUT2D eigenvalue weighted by atomic mass is 10.1. The summed E-state index contributed by atoms with van der Waals surface area (Å²) in [6, 6.07) is 12.9. The molecule has 0 aliphatic heterocycles. The van der Waals surface area contributed by atoms with E-state index in [-0.39, 0.29) is 36.8 Å². The Morgan fingerprint density at radius 3 is 2.21 bits per heavy atom. The first-order chi connectivity index (χ1) is 11.5. The molecule has 2 aromatic rings. The molecule has 0 unspecified atom stereocenters. The number of hydrogen-bond acceptors (Lipinski definition) is 4. The number of halogens is 1. The number of nitrogens with one attached hydrogen (secondary N) is 1. The first-order valence-corrected chi connectivity index (χ1v) is 8.04. The average molecular weight is 391 g/mol. The van der Waals surface area contributed by atoms with Gasteiger partial charge in [0.25, 0.3) is 5.69 Å². The molecule has 24 heavy (non-hydrogen) atoms. The van der Waals surface area contributed by atoms with Gasteiger partial charge in [-0.1, -0.05) is 40.2 Å². The highest BCUT2D eigenvalue weighted by Gasteiger charge is 2.10. The van der Waals surface area contributed by atoms with Crippen molar-refractivity contribution in [2.45, 2.75) is 19.4 Å². The fraction of sp³-hybridized carbons (Fsp3) is 0.176. The Kier molecular flexibility index (Phi) is 6.20. The van der Waals surface area contributed by atoms with Crippen LogP contribution in [0.25, 0.3) is 0 Å². The van der Waals surface area contributed by atoms with Crippen LogP contribution < -0.4 is 5.32 Å². The molecule has 0 heterocycles. The number of Topliss-reactive ketones (excluding diaryl/α,β-unsaturated/α-hetero) is 1. The molecule has 2 aromatic carbocycles. The van der Waals surface area contributed by atoms with Crippen LogP contribution in [0.3, 0.4) is 0 Å². The molecular formula is C17H15BrN2O4. The summed E-state index contributed by atoms with van der Waals surface area (Å²) < 4.78 is 0.889. The van der Waals surface area contributed by atoms with Gasteiger partial charge in [0, 0.05) is 41.6 Å². The largest absolute Gasteiger partial charge is 0.352 e. The Labute approximate surface area is 147 Å². The third kappa shape index (κ3) is 5.27. The summed E-state index contributed by atoms with van der Waals surface area (Å²) in [6.07, 6.45) is 0.232. The fourth-order valence-electron chi connectivity index (χ4n) is 2.03. The molecule has 0 bridgehead atoms. The minimum Gasteiger partial charge on any atom is -0.352 e. The third-order valence-electron chi connectivity index (χ3n) is 3.38. The highest BCUT2D eigenvalue weighted by atomic mass is 79.9. The summed E-state index contributed by atoms with van der Waals surface area (Å²) in [5, 5.41) is 13.3. The average Bonchev–Trinajstić information content (AvgIpc) is 2.58. The first kappa shape index (κ1) is 17.8. The van der Waals surface area contributed by atoms with E-state index in [0.29, 0.717) is 5.56 Å². The lowest BCUT2D eigenvalue weighted by Crippen LogP contribution is -2.23.